The molecule has 1 unspecified atom stereocenters. The molecular weight excluding hydrogens is 247 g/mol. The summed E-state index contributed by atoms with van der Waals surface area (Å²) in [5.74, 6) is 0.0447. The van der Waals surface area contributed by atoms with Crippen LogP contribution >= 0.6 is 11.3 Å². The average Bonchev–Trinajstić information content (AvgIpc) is 2.67. The molecule has 0 bridgehead atoms. The van der Waals surface area contributed by atoms with Crippen molar-refractivity contribution in [3.63, 3.8) is 0 Å². The SMILES string of the molecule is CC(C)(C)CC(CN)c1nc2ccc(F)cc2s1. The van der Waals surface area contributed by atoms with Crippen molar-refractivity contribution < 1.29 is 4.39 Å². The van der Waals surface area contributed by atoms with Crippen LogP contribution in [0, 0.1) is 11.2 Å². The second kappa shape index (κ2) is 4.94. The normalized spacial score (nSPS) is 14.1. The summed E-state index contributed by atoms with van der Waals surface area (Å²) in [5, 5.41) is 1.02. The zero-order chi connectivity index (χ0) is 13.3. The van der Waals surface area contributed by atoms with Gasteiger partial charge in [-0.05, 0) is 30.0 Å². The maximum absolute atomic E-state index is 13.2. The molecule has 1 atom stereocenters. The zero-order valence-corrected chi connectivity index (χ0v) is 11.9. The number of nitrogens with zero attached hydrogens (tertiary/aromatic N) is 1. The molecule has 2 rings (SSSR count). The van der Waals surface area contributed by atoms with Crippen molar-refractivity contribution in [1.29, 1.82) is 0 Å². The average molecular weight is 266 g/mol. The summed E-state index contributed by atoms with van der Waals surface area (Å²) >= 11 is 1.55. The van der Waals surface area contributed by atoms with E-state index in [-0.39, 0.29) is 17.2 Å². The fourth-order valence-electron chi connectivity index (χ4n) is 2.10. The Morgan fingerprint density at radius 1 is 1.39 bits per heavy atom. The molecule has 2 aromatic rings. The minimum Gasteiger partial charge on any atom is -0.330 e. The lowest BCUT2D eigenvalue weighted by molar-refractivity contribution is 0.341. The summed E-state index contributed by atoms with van der Waals surface area (Å²) in [6.45, 7) is 7.17. The highest BCUT2D eigenvalue weighted by molar-refractivity contribution is 7.18. The molecule has 4 heteroatoms. The molecule has 0 aliphatic heterocycles. The molecule has 2 N–H and O–H groups in total. The van der Waals surface area contributed by atoms with Crippen LogP contribution in [0.2, 0.25) is 0 Å². The lowest BCUT2D eigenvalue weighted by Gasteiger charge is -2.23. The van der Waals surface area contributed by atoms with Gasteiger partial charge in [-0.3, -0.25) is 0 Å². The Balaban J connectivity index is 2.34. The number of hydrogen-bond donors (Lipinski definition) is 1. The molecule has 0 spiro atoms. The lowest BCUT2D eigenvalue weighted by Crippen LogP contribution is -2.19. The summed E-state index contributed by atoms with van der Waals surface area (Å²) in [6, 6.07) is 4.73. The van der Waals surface area contributed by atoms with E-state index in [1.165, 1.54) is 6.07 Å². The Kier molecular flexibility index (Phi) is 3.69. The summed E-state index contributed by atoms with van der Waals surface area (Å²) in [6.07, 6.45) is 0.992. The quantitative estimate of drug-likeness (QED) is 0.914. The molecule has 0 saturated carbocycles. The molecule has 1 heterocycles. The third-order valence-corrected chi connectivity index (χ3v) is 4.04. The Hall–Kier alpha value is -1.000. The first-order chi connectivity index (χ1) is 8.39. The largest absolute Gasteiger partial charge is 0.330 e. The van der Waals surface area contributed by atoms with Crippen molar-refractivity contribution in [1.82, 2.24) is 4.98 Å². The van der Waals surface area contributed by atoms with E-state index in [4.69, 9.17) is 5.73 Å². The highest BCUT2D eigenvalue weighted by Crippen LogP contribution is 2.34. The van der Waals surface area contributed by atoms with Gasteiger partial charge in [0, 0.05) is 12.5 Å². The molecule has 98 valence electrons. The minimum atomic E-state index is -0.210. The maximum atomic E-state index is 13.2. The Labute approximate surface area is 111 Å². The Bertz CT molecular complexity index is 542. The number of nitrogens with two attached hydrogens (primary N) is 1. The van der Waals surface area contributed by atoms with Crippen molar-refractivity contribution >= 4 is 21.6 Å². The van der Waals surface area contributed by atoms with Crippen LogP contribution in [0.1, 0.15) is 38.1 Å². The van der Waals surface area contributed by atoms with E-state index in [1.54, 1.807) is 23.5 Å². The van der Waals surface area contributed by atoms with E-state index >= 15 is 0 Å². The first-order valence-electron chi connectivity index (χ1n) is 6.15. The fraction of sp³-hybridized carbons (Fsp3) is 0.500. The van der Waals surface area contributed by atoms with E-state index in [2.05, 4.69) is 25.8 Å². The van der Waals surface area contributed by atoms with Gasteiger partial charge in [-0.25, -0.2) is 9.37 Å². The van der Waals surface area contributed by atoms with E-state index in [0.29, 0.717) is 6.54 Å². The van der Waals surface area contributed by atoms with Crippen molar-refractivity contribution in [2.45, 2.75) is 33.1 Å². The van der Waals surface area contributed by atoms with Crippen LogP contribution in [0.15, 0.2) is 18.2 Å². The molecule has 2 nitrogen and oxygen atoms in total. The van der Waals surface area contributed by atoms with Gasteiger partial charge in [-0.2, -0.15) is 0 Å². The van der Waals surface area contributed by atoms with Gasteiger partial charge >= 0.3 is 0 Å². The fourth-order valence-corrected chi connectivity index (χ4v) is 3.21. The van der Waals surface area contributed by atoms with E-state index in [0.717, 1.165) is 21.6 Å². The molecule has 18 heavy (non-hydrogen) atoms. The summed E-state index contributed by atoms with van der Waals surface area (Å²) < 4.78 is 14.1. The van der Waals surface area contributed by atoms with Gasteiger partial charge in [-0.1, -0.05) is 20.8 Å². The summed E-state index contributed by atoms with van der Waals surface area (Å²) in [7, 11) is 0. The predicted molar refractivity (Wildman–Crippen MR) is 75.4 cm³/mol. The second-order valence-corrected chi connectivity index (χ2v) is 6.92. The van der Waals surface area contributed by atoms with Crippen LogP contribution in [-0.4, -0.2) is 11.5 Å². The van der Waals surface area contributed by atoms with Gasteiger partial charge in [0.1, 0.15) is 5.82 Å². The van der Waals surface area contributed by atoms with Crippen molar-refractivity contribution in [3.05, 3.63) is 29.0 Å². The van der Waals surface area contributed by atoms with Crippen LogP contribution < -0.4 is 5.73 Å². The molecule has 0 aliphatic rings. The molecule has 1 aromatic heterocycles. The van der Waals surface area contributed by atoms with Crippen molar-refractivity contribution in [2.24, 2.45) is 11.1 Å². The van der Waals surface area contributed by atoms with Crippen LogP contribution in [-0.2, 0) is 0 Å². The van der Waals surface area contributed by atoms with Crippen molar-refractivity contribution in [3.8, 4) is 0 Å². The number of halogens is 1. The van der Waals surface area contributed by atoms with E-state index < -0.39 is 0 Å². The van der Waals surface area contributed by atoms with Crippen LogP contribution in [0.3, 0.4) is 0 Å². The Morgan fingerprint density at radius 3 is 2.72 bits per heavy atom. The van der Waals surface area contributed by atoms with Gasteiger partial charge < -0.3 is 5.73 Å². The van der Waals surface area contributed by atoms with Gasteiger partial charge in [0.25, 0.3) is 0 Å². The first-order valence-corrected chi connectivity index (χ1v) is 6.97. The number of aromatic nitrogens is 1. The first kappa shape index (κ1) is 13.4. The number of rotatable bonds is 3. The molecule has 0 radical (unpaired) electrons. The van der Waals surface area contributed by atoms with Gasteiger partial charge in [0.05, 0.1) is 15.2 Å². The standard InChI is InChI=1S/C14H19FN2S/c1-14(2,3)7-9(8-16)13-17-11-5-4-10(15)6-12(11)18-13/h4-6,9H,7-8,16H2,1-3H3. The smallest absolute Gasteiger partial charge is 0.124 e. The predicted octanol–water partition coefficient (Wildman–Crippen LogP) is 3.91. The molecule has 0 fully saturated rings. The van der Waals surface area contributed by atoms with Crippen LogP contribution in [0.4, 0.5) is 4.39 Å². The topological polar surface area (TPSA) is 38.9 Å². The number of benzene rings is 1. The summed E-state index contributed by atoms with van der Waals surface area (Å²) in [5.41, 5.74) is 6.94. The monoisotopic (exact) mass is 266 g/mol. The highest BCUT2D eigenvalue weighted by Gasteiger charge is 2.22. The van der Waals surface area contributed by atoms with Crippen LogP contribution in [0.25, 0.3) is 10.2 Å². The highest BCUT2D eigenvalue weighted by atomic mass is 32.1. The van der Waals surface area contributed by atoms with Gasteiger partial charge in [0.2, 0.25) is 0 Å². The zero-order valence-electron chi connectivity index (χ0n) is 11.0. The molecule has 1 aromatic carbocycles. The molecule has 0 saturated heterocycles. The third kappa shape index (κ3) is 3.06. The van der Waals surface area contributed by atoms with E-state index in [9.17, 15) is 4.39 Å². The summed E-state index contributed by atoms with van der Waals surface area (Å²) in [4.78, 5) is 4.58. The number of thiazole rings is 1. The molecular formula is C14H19FN2S. The van der Waals surface area contributed by atoms with E-state index in [1.807, 2.05) is 0 Å². The molecule has 0 amide bonds. The number of hydrogen-bond acceptors (Lipinski definition) is 3. The maximum Gasteiger partial charge on any atom is 0.124 e. The Morgan fingerprint density at radius 2 is 2.11 bits per heavy atom. The van der Waals surface area contributed by atoms with Crippen molar-refractivity contribution in [2.75, 3.05) is 6.54 Å². The van der Waals surface area contributed by atoms with Gasteiger partial charge in [-0.15, -0.1) is 11.3 Å². The minimum absolute atomic E-state index is 0.210. The second-order valence-electron chi connectivity index (χ2n) is 5.86. The molecule has 0 aliphatic carbocycles. The third-order valence-electron chi connectivity index (χ3n) is 2.86. The lowest BCUT2D eigenvalue weighted by atomic mass is 9.85. The number of fused-ring (bicyclic) bond motifs is 1. The van der Waals surface area contributed by atoms with Crippen LogP contribution in [0.5, 0.6) is 0 Å². The van der Waals surface area contributed by atoms with Gasteiger partial charge in [0.15, 0.2) is 0 Å².